The van der Waals surface area contributed by atoms with E-state index < -0.39 is 36.1 Å². The summed E-state index contributed by atoms with van der Waals surface area (Å²) in [5, 5.41) is 22.0. The number of hydrogen-bond donors (Lipinski definition) is 2. The van der Waals surface area contributed by atoms with Crippen molar-refractivity contribution in [1.29, 1.82) is 0 Å². The Labute approximate surface area is 599 Å². The third-order valence-electron chi connectivity index (χ3n) is 20.9. The molecule has 10 unspecified atom stereocenters. The fourth-order valence-corrected chi connectivity index (χ4v) is 15.0. The molecule has 14 heteroatoms. The summed E-state index contributed by atoms with van der Waals surface area (Å²) in [6.07, 6.45) is 58.6. The highest BCUT2D eigenvalue weighted by atomic mass is 16.7. The monoisotopic (exact) mass is 1380 g/mol. The van der Waals surface area contributed by atoms with Gasteiger partial charge in [0.05, 0.1) is 50.0 Å². The molecule has 1 saturated heterocycles. The standard InChI is InChI=1S/C84H148O14/c1-8-14-20-29-38-48-72(58-56-70(85)46-36-23-17-11-4)93-66-90-62-79(95-65-89-7)83-76(51-41-31-26-27-34-44-54-80(87)98-83)75-60-55-69(45-35-22-16-10-3)74(50-40-25-19-13-6)82(75)77-52-42-32-28-33-43-53-78(77)97-81(88)61-84(64-92-68-96-84)63-91-67-94-73(49-39-30-21-15-9-2)59-57-71(86)47-37-24-18-12-5/h51-52,55,58-60,69-71,74-75,78-79,82-83,85-86H,8-50,53-54,56-57,61-68H2,1-7H3/b72-58-,73-59+,76-51?,77-52-. The minimum absolute atomic E-state index is 0.00895. The SMILES string of the molecule is CCCCCCC/C(=C/CC(O)CCCCCC)OCOCC(OCOC)C1OC(=O)CCCCCCCC=C1C1C=CC(CCCCCC)C(CCCCCC)C1/C1=C\CCCCCCC1OC(=O)CC1(COCO/C(=C/CC(O)CCCCCC)CCCCCCC)COCO1. The van der Waals surface area contributed by atoms with Crippen molar-refractivity contribution in [3.8, 4) is 0 Å². The lowest BCUT2D eigenvalue weighted by atomic mass is 9.61. The Morgan fingerprint density at radius 3 is 1.71 bits per heavy atom. The first-order chi connectivity index (χ1) is 48.0. The van der Waals surface area contributed by atoms with Gasteiger partial charge in [-0.25, -0.2) is 0 Å². The second-order valence-electron chi connectivity index (χ2n) is 29.5. The smallest absolute Gasteiger partial charge is 0.309 e. The molecule has 0 aromatic rings. The third-order valence-corrected chi connectivity index (χ3v) is 20.9. The van der Waals surface area contributed by atoms with E-state index in [0.29, 0.717) is 31.6 Å². The van der Waals surface area contributed by atoms with Crippen molar-refractivity contribution < 1.29 is 67.2 Å². The molecule has 568 valence electrons. The van der Waals surface area contributed by atoms with Crippen LogP contribution >= 0.6 is 0 Å². The Hall–Kier alpha value is -3.08. The molecule has 0 aromatic carbocycles. The number of aliphatic hydroxyl groups is 2. The van der Waals surface area contributed by atoms with Crippen LogP contribution in [0, 0.1) is 23.7 Å². The number of carbonyl (C=O) groups is 2. The first kappa shape index (κ1) is 87.3. The van der Waals surface area contributed by atoms with E-state index >= 15 is 4.79 Å². The second kappa shape index (κ2) is 57.3. The summed E-state index contributed by atoms with van der Waals surface area (Å²) in [6, 6.07) is 0. The number of cyclic esters (lactones) is 1. The molecule has 98 heavy (non-hydrogen) atoms. The summed E-state index contributed by atoms with van der Waals surface area (Å²) in [7, 11) is 1.63. The van der Waals surface area contributed by atoms with E-state index in [1.54, 1.807) is 7.11 Å². The zero-order valence-electron chi connectivity index (χ0n) is 63.8. The number of ether oxygens (including phenoxy) is 10. The van der Waals surface area contributed by atoms with Gasteiger partial charge >= 0.3 is 11.9 Å². The van der Waals surface area contributed by atoms with E-state index in [1.807, 2.05) is 0 Å². The molecule has 2 N–H and O–H groups in total. The highest BCUT2D eigenvalue weighted by Crippen LogP contribution is 2.50. The first-order valence-electron chi connectivity index (χ1n) is 41.0. The van der Waals surface area contributed by atoms with Crippen LogP contribution in [0.2, 0.25) is 0 Å². The zero-order valence-corrected chi connectivity index (χ0v) is 63.8. The number of hydrogen-bond acceptors (Lipinski definition) is 14. The quantitative estimate of drug-likeness (QED) is 0.0194. The Balaban J connectivity index is 1.77. The lowest BCUT2D eigenvalue weighted by Gasteiger charge is -2.46. The summed E-state index contributed by atoms with van der Waals surface area (Å²) < 4.78 is 64.6. The Bertz CT molecular complexity index is 2130. The minimum atomic E-state index is -1.06. The van der Waals surface area contributed by atoms with Gasteiger partial charge in [-0.15, -0.1) is 0 Å². The van der Waals surface area contributed by atoms with Crippen LogP contribution in [-0.4, -0.2) is 112 Å². The Morgan fingerprint density at radius 2 is 1.13 bits per heavy atom. The van der Waals surface area contributed by atoms with Gasteiger partial charge in [0, 0.05) is 32.3 Å². The van der Waals surface area contributed by atoms with Crippen LogP contribution in [0.1, 0.15) is 350 Å². The molecule has 0 amide bonds. The van der Waals surface area contributed by atoms with Crippen molar-refractivity contribution in [1.82, 2.24) is 0 Å². The van der Waals surface area contributed by atoms with Gasteiger partial charge in [0.15, 0.2) is 19.7 Å². The molecule has 0 aromatic heterocycles. The van der Waals surface area contributed by atoms with Crippen LogP contribution in [0.25, 0.3) is 0 Å². The van der Waals surface area contributed by atoms with E-state index in [1.165, 1.54) is 89.0 Å². The highest BCUT2D eigenvalue weighted by Gasteiger charge is 2.47. The van der Waals surface area contributed by atoms with Crippen molar-refractivity contribution >= 4 is 11.9 Å². The van der Waals surface area contributed by atoms with Gasteiger partial charge in [-0.3, -0.25) is 9.59 Å². The number of unbranched alkanes of at least 4 members (excludes halogenated alkanes) is 20. The van der Waals surface area contributed by atoms with Gasteiger partial charge in [0.1, 0.15) is 31.4 Å². The van der Waals surface area contributed by atoms with E-state index in [4.69, 9.17) is 47.4 Å². The normalized spacial score (nSPS) is 24.0. The van der Waals surface area contributed by atoms with Crippen LogP contribution in [0.15, 0.2) is 59.1 Å². The van der Waals surface area contributed by atoms with Crippen LogP contribution in [-0.2, 0) is 57.0 Å². The van der Waals surface area contributed by atoms with Gasteiger partial charge in [-0.05, 0) is 137 Å². The number of methoxy groups -OCH3 is 1. The van der Waals surface area contributed by atoms with Crippen molar-refractivity contribution in [2.24, 2.45) is 23.7 Å². The molecule has 1 fully saturated rings. The van der Waals surface area contributed by atoms with Crippen LogP contribution in [0.4, 0.5) is 0 Å². The molecule has 0 saturated carbocycles. The first-order valence-corrected chi connectivity index (χ1v) is 41.0. The lowest BCUT2D eigenvalue weighted by molar-refractivity contribution is -0.173. The number of esters is 2. The van der Waals surface area contributed by atoms with E-state index in [2.05, 4.69) is 78.0 Å². The summed E-state index contributed by atoms with van der Waals surface area (Å²) in [6.45, 7) is 13.8. The second-order valence-corrected chi connectivity index (χ2v) is 29.5. The summed E-state index contributed by atoms with van der Waals surface area (Å²) >= 11 is 0. The fourth-order valence-electron chi connectivity index (χ4n) is 15.0. The molecule has 4 aliphatic rings. The van der Waals surface area contributed by atoms with Crippen molar-refractivity contribution in [3.05, 3.63) is 59.1 Å². The topological polar surface area (TPSA) is 167 Å². The number of aliphatic hydroxyl groups excluding tert-OH is 2. The van der Waals surface area contributed by atoms with Gasteiger partial charge in [-0.2, -0.15) is 0 Å². The third kappa shape index (κ3) is 37.9. The molecule has 14 nitrogen and oxygen atoms in total. The molecule has 10 atom stereocenters. The molecule has 4 rings (SSSR count). The molecule has 0 radical (unpaired) electrons. The van der Waals surface area contributed by atoms with Crippen molar-refractivity contribution in [2.75, 3.05) is 54.1 Å². The molecule has 0 bridgehead atoms. The summed E-state index contributed by atoms with van der Waals surface area (Å²) in [5.41, 5.74) is 1.14. The average molecular weight is 1380 g/mol. The van der Waals surface area contributed by atoms with Crippen LogP contribution in [0.3, 0.4) is 0 Å². The maximum atomic E-state index is 15.2. The van der Waals surface area contributed by atoms with Gasteiger partial charge in [0.25, 0.3) is 0 Å². The minimum Gasteiger partial charge on any atom is -0.472 e. The zero-order chi connectivity index (χ0) is 70.4. The number of allylic oxidation sites excluding steroid dienone is 6. The molecular formula is C84H148O14. The lowest BCUT2D eigenvalue weighted by Crippen LogP contribution is -2.45. The number of carbonyl (C=O) groups excluding carboxylic acids is 2. The van der Waals surface area contributed by atoms with Gasteiger partial charge < -0.3 is 57.6 Å². The van der Waals surface area contributed by atoms with E-state index in [0.717, 1.165) is 210 Å². The molecule has 2 aliphatic carbocycles. The largest absolute Gasteiger partial charge is 0.472 e. The van der Waals surface area contributed by atoms with Gasteiger partial charge in [-0.1, -0.05) is 252 Å². The van der Waals surface area contributed by atoms with E-state index in [-0.39, 0.29) is 83.1 Å². The fraction of sp³-hybridized carbons (Fsp3) is 0.857. The van der Waals surface area contributed by atoms with Crippen molar-refractivity contribution in [3.63, 3.8) is 0 Å². The highest BCUT2D eigenvalue weighted by molar-refractivity contribution is 5.71. The Morgan fingerprint density at radius 1 is 0.602 bits per heavy atom. The molecular weight excluding hydrogens is 1230 g/mol. The molecule has 2 aliphatic heterocycles. The number of rotatable bonds is 55. The maximum Gasteiger partial charge on any atom is 0.309 e. The summed E-state index contributed by atoms with van der Waals surface area (Å²) in [4.78, 5) is 29.7. The maximum absolute atomic E-state index is 15.2. The van der Waals surface area contributed by atoms with Crippen LogP contribution < -0.4 is 0 Å². The van der Waals surface area contributed by atoms with Crippen LogP contribution in [0.5, 0.6) is 0 Å². The predicted molar refractivity (Wildman–Crippen MR) is 398 cm³/mol. The van der Waals surface area contributed by atoms with Crippen molar-refractivity contribution in [2.45, 2.75) is 386 Å². The van der Waals surface area contributed by atoms with Gasteiger partial charge in [0.2, 0.25) is 0 Å². The average Bonchev–Trinajstić information content (AvgIpc) is 1.34. The summed E-state index contributed by atoms with van der Waals surface area (Å²) in [5.74, 6) is 1.30. The molecule has 0 spiro atoms. The Kier molecular flexibility index (Phi) is 51.1. The predicted octanol–water partition coefficient (Wildman–Crippen LogP) is 21.8. The van der Waals surface area contributed by atoms with E-state index in [9.17, 15) is 15.0 Å². The molecule has 2 heterocycles.